The lowest BCUT2D eigenvalue weighted by atomic mass is 9.94. The molecule has 0 aromatic rings. The summed E-state index contributed by atoms with van der Waals surface area (Å²) in [6.07, 6.45) is 1.43. The van der Waals surface area contributed by atoms with Crippen LogP contribution in [0.2, 0.25) is 0 Å². The van der Waals surface area contributed by atoms with Gasteiger partial charge < -0.3 is 16.4 Å². The summed E-state index contributed by atoms with van der Waals surface area (Å²) in [5.74, 6) is 0.782. The molecule has 19 heavy (non-hydrogen) atoms. The summed E-state index contributed by atoms with van der Waals surface area (Å²) in [6, 6.07) is 0. The molecular formula is C14H29N3O2. The van der Waals surface area contributed by atoms with Crippen LogP contribution in [0.1, 0.15) is 40.5 Å². The fourth-order valence-corrected chi connectivity index (χ4v) is 1.86. The van der Waals surface area contributed by atoms with E-state index in [0.717, 1.165) is 6.42 Å². The van der Waals surface area contributed by atoms with E-state index in [1.807, 2.05) is 13.8 Å². The number of rotatable bonds is 9. The maximum absolute atomic E-state index is 11.7. The van der Waals surface area contributed by atoms with Gasteiger partial charge in [-0.15, -0.1) is 0 Å². The molecule has 0 fully saturated rings. The molecule has 0 aliphatic carbocycles. The molecule has 0 aromatic carbocycles. The Morgan fingerprint density at radius 1 is 1.05 bits per heavy atom. The zero-order valence-electron chi connectivity index (χ0n) is 12.7. The molecule has 1 atom stereocenters. The van der Waals surface area contributed by atoms with E-state index in [1.165, 1.54) is 0 Å². The van der Waals surface area contributed by atoms with Gasteiger partial charge in [-0.3, -0.25) is 9.59 Å². The van der Waals surface area contributed by atoms with Crippen LogP contribution in [0.4, 0.5) is 0 Å². The number of nitrogens with two attached hydrogens (primary N) is 1. The molecule has 0 spiro atoms. The predicted octanol–water partition coefficient (Wildman–Crippen LogP) is 0.886. The fraction of sp³-hybridized carbons (Fsp3) is 0.857. The lowest BCUT2D eigenvalue weighted by Gasteiger charge is -2.16. The highest BCUT2D eigenvalue weighted by Gasteiger charge is 2.13. The third-order valence-corrected chi connectivity index (χ3v) is 2.88. The molecule has 2 amide bonds. The minimum Gasteiger partial charge on any atom is -0.354 e. The average molecular weight is 271 g/mol. The highest BCUT2D eigenvalue weighted by Crippen LogP contribution is 2.13. The molecule has 5 heteroatoms. The number of hydrogen-bond acceptors (Lipinski definition) is 3. The molecule has 0 rings (SSSR count). The van der Waals surface area contributed by atoms with Gasteiger partial charge in [0, 0.05) is 25.4 Å². The molecule has 0 aliphatic rings. The summed E-state index contributed by atoms with van der Waals surface area (Å²) >= 11 is 0. The summed E-state index contributed by atoms with van der Waals surface area (Å²) < 4.78 is 0. The summed E-state index contributed by atoms with van der Waals surface area (Å²) in [5.41, 5.74) is 5.66. The van der Waals surface area contributed by atoms with Crippen molar-refractivity contribution in [3.05, 3.63) is 0 Å². The summed E-state index contributed by atoms with van der Waals surface area (Å²) in [4.78, 5) is 23.0. The summed E-state index contributed by atoms with van der Waals surface area (Å²) in [7, 11) is 0. The van der Waals surface area contributed by atoms with E-state index in [9.17, 15) is 9.59 Å². The smallest absolute Gasteiger partial charge is 0.222 e. The van der Waals surface area contributed by atoms with Crippen LogP contribution < -0.4 is 16.4 Å². The van der Waals surface area contributed by atoms with Crippen molar-refractivity contribution in [1.29, 1.82) is 0 Å². The second kappa shape index (κ2) is 9.78. The molecule has 0 bridgehead atoms. The molecule has 0 saturated carbocycles. The topological polar surface area (TPSA) is 84.2 Å². The molecule has 0 heterocycles. The number of amides is 2. The van der Waals surface area contributed by atoms with Crippen molar-refractivity contribution in [2.45, 2.75) is 40.5 Å². The van der Waals surface area contributed by atoms with Crippen molar-refractivity contribution in [2.75, 3.05) is 19.6 Å². The van der Waals surface area contributed by atoms with E-state index in [0.29, 0.717) is 32.0 Å². The van der Waals surface area contributed by atoms with Crippen LogP contribution in [0.15, 0.2) is 0 Å². The Balaban J connectivity index is 3.77. The van der Waals surface area contributed by atoms with Gasteiger partial charge >= 0.3 is 0 Å². The lowest BCUT2D eigenvalue weighted by Crippen LogP contribution is -2.37. The maximum atomic E-state index is 11.7. The zero-order valence-corrected chi connectivity index (χ0v) is 12.7. The second-order valence-electron chi connectivity index (χ2n) is 5.73. The van der Waals surface area contributed by atoms with Crippen molar-refractivity contribution < 1.29 is 9.59 Å². The number of carbonyl (C=O) groups excluding carboxylic acids is 2. The molecule has 5 nitrogen and oxygen atoms in total. The van der Waals surface area contributed by atoms with E-state index in [1.54, 1.807) is 0 Å². The van der Waals surface area contributed by atoms with Crippen LogP contribution in [-0.4, -0.2) is 31.4 Å². The van der Waals surface area contributed by atoms with Crippen molar-refractivity contribution >= 4 is 11.8 Å². The number of nitrogens with one attached hydrogen (secondary N) is 2. The number of hydrogen-bond donors (Lipinski definition) is 3. The summed E-state index contributed by atoms with van der Waals surface area (Å²) in [5, 5.41) is 5.56. The quantitative estimate of drug-likeness (QED) is 0.544. The first kappa shape index (κ1) is 17.9. The normalized spacial score (nSPS) is 12.6. The summed E-state index contributed by atoms with van der Waals surface area (Å²) in [6.45, 7) is 9.41. The molecule has 112 valence electrons. The van der Waals surface area contributed by atoms with Gasteiger partial charge in [-0.1, -0.05) is 27.7 Å². The average Bonchev–Trinajstić information content (AvgIpc) is 2.32. The Kier molecular flexibility index (Phi) is 9.21. The third-order valence-electron chi connectivity index (χ3n) is 2.88. The van der Waals surface area contributed by atoms with E-state index >= 15 is 0 Å². The zero-order chi connectivity index (χ0) is 14.8. The van der Waals surface area contributed by atoms with Gasteiger partial charge in [-0.25, -0.2) is 0 Å². The van der Waals surface area contributed by atoms with Gasteiger partial charge in [0.15, 0.2) is 0 Å². The third kappa shape index (κ3) is 9.47. The van der Waals surface area contributed by atoms with E-state index in [4.69, 9.17) is 5.73 Å². The Morgan fingerprint density at radius 2 is 1.63 bits per heavy atom. The van der Waals surface area contributed by atoms with Crippen molar-refractivity contribution in [3.8, 4) is 0 Å². The Morgan fingerprint density at radius 3 is 2.11 bits per heavy atom. The minimum absolute atomic E-state index is 0.00823. The maximum Gasteiger partial charge on any atom is 0.222 e. The Hall–Kier alpha value is -1.10. The van der Waals surface area contributed by atoms with Crippen molar-refractivity contribution in [2.24, 2.45) is 23.5 Å². The first-order valence-electron chi connectivity index (χ1n) is 7.11. The van der Waals surface area contributed by atoms with E-state index in [-0.39, 0.29) is 23.7 Å². The monoisotopic (exact) mass is 271 g/mol. The van der Waals surface area contributed by atoms with Gasteiger partial charge in [-0.05, 0) is 24.8 Å². The molecule has 4 N–H and O–H groups in total. The SMILES string of the molecule is CC(C)C[C@H](CN)CC(=O)NCCNC(=O)C(C)C. The highest BCUT2D eigenvalue weighted by molar-refractivity contribution is 5.78. The van der Waals surface area contributed by atoms with Crippen LogP contribution in [0, 0.1) is 17.8 Å². The second-order valence-corrected chi connectivity index (χ2v) is 5.73. The van der Waals surface area contributed by atoms with Crippen molar-refractivity contribution in [3.63, 3.8) is 0 Å². The fourth-order valence-electron chi connectivity index (χ4n) is 1.86. The molecule has 0 aliphatic heterocycles. The van der Waals surface area contributed by atoms with Gasteiger partial charge in [0.2, 0.25) is 11.8 Å². The van der Waals surface area contributed by atoms with Gasteiger partial charge in [0.25, 0.3) is 0 Å². The molecule has 0 unspecified atom stereocenters. The van der Waals surface area contributed by atoms with Gasteiger partial charge in [0.05, 0.1) is 0 Å². The molecule has 0 aromatic heterocycles. The van der Waals surface area contributed by atoms with Crippen LogP contribution in [-0.2, 0) is 9.59 Å². The van der Waals surface area contributed by atoms with Crippen LogP contribution in [0.25, 0.3) is 0 Å². The van der Waals surface area contributed by atoms with Crippen LogP contribution >= 0.6 is 0 Å². The Bertz CT molecular complexity index is 278. The first-order valence-corrected chi connectivity index (χ1v) is 7.11. The Labute approximate surface area is 116 Å². The van der Waals surface area contributed by atoms with Crippen LogP contribution in [0.5, 0.6) is 0 Å². The van der Waals surface area contributed by atoms with Gasteiger partial charge in [-0.2, -0.15) is 0 Å². The van der Waals surface area contributed by atoms with E-state index in [2.05, 4.69) is 24.5 Å². The molecule has 0 radical (unpaired) electrons. The van der Waals surface area contributed by atoms with Gasteiger partial charge in [0.1, 0.15) is 0 Å². The van der Waals surface area contributed by atoms with Crippen LogP contribution in [0.3, 0.4) is 0 Å². The molecular weight excluding hydrogens is 242 g/mol. The lowest BCUT2D eigenvalue weighted by molar-refractivity contribution is -0.125. The van der Waals surface area contributed by atoms with E-state index < -0.39 is 0 Å². The number of carbonyl (C=O) groups is 2. The minimum atomic E-state index is -0.0247. The highest BCUT2D eigenvalue weighted by atomic mass is 16.2. The molecule has 0 saturated heterocycles. The van der Waals surface area contributed by atoms with Crippen molar-refractivity contribution in [1.82, 2.24) is 10.6 Å². The largest absolute Gasteiger partial charge is 0.354 e. The predicted molar refractivity (Wildman–Crippen MR) is 77.5 cm³/mol. The first-order chi connectivity index (χ1) is 8.86. The standard InChI is InChI=1S/C14H29N3O2/c1-10(2)7-12(9-15)8-13(18)16-5-6-17-14(19)11(3)4/h10-12H,5-9,15H2,1-4H3,(H,16,18)(H,17,19)/t12-/m0/s1.